The summed E-state index contributed by atoms with van der Waals surface area (Å²) in [6.45, 7) is 3.92. The van der Waals surface area contributed by atoms with Gasteiger partial charge in [-0.3, -0.25) is 4.79 Å². The lowest BCUT2D eigenvalue weighted by molar-refractivity contribution is -0.138. The molecule has 9 nitrogen and oxygen atoms in total. The molecule has 1 saturated heterocycles. The van der Waals surface area contributed by atoms with Crippen molar-refractivity contribution in [3.8, 4) is 11.6 Å². The number of para-hydroxylation sites is 1. The second-order valence-electron chi connectivity index (χ2n) is 6.59. The Morgan fingerprint density at radius 2 is 1.79 bits per heavy atom. The fourth-order valence-electron chi connectivity index (χ4n) is 3.13. The minimum atomic E-state index is -0.764. The number of benzene rings is 1. The van der Waals surface area contributed by atoms with Crippen molar-refractivity contribution < 1.29 is 13.9 Å². The Labute approximate surface area is 166 Å². The fraction of sp³-hybridized carbons (Fsp3) is 0.316. The van der Waals surface area contributed by atoms with Gasteiger partial charge in [-0.15, -0.1) is 10.2 Å². The molecule has 4 rings (SSSR count). The highest BCUT2D eigenvalue weighted by atomic mass is 19.1. The zero-order valence-electron chi connectivity index (χ0n) is 15.8. The summed E-state index contributed by atoms with van der Waals surface area (Å²) in [5, 5.41) is 12.4. The molecule has 0 unspecified atom stereocenters. The molecule has 1 fully saturated rings. The maximum Gasteiger partial charge on any atom is 0.263 e. The van der Waals surface area contributed by atoms with Crippen LogP contribution in [0.4, 0.5) is 10.2 Å². The van der Waals surface area contributed by atoms with Gasteiger partial charge in [0.05, 0.1) is 0 Å². The molecule has 0 saturated carbocycles. The van der Waals surface area contributed by atoms with E-state index in [1.165, 1.54) is 23.1 Å². The molecule has 3 aromatic rings. The Bertz CT molecular complexity index is 957. The zero-order valence-corrected chi connectivity index (χ0v) is 15.8. The monoisotopic (exact) mass is 397 g/mol. The van der Waals surface area contributed by atoms with Crippen LogP contribution in [0.5, 0.6) is 5.75 Å². The number of carbonyl (C=O) groups excluding carboxylic acids is 1. The Morgan fingerprint density at radius 3 is 2.45 bits per heavy atom. The standard InChI is InChI=1S/C19H20FN7O2/c1-14(29-16-5-3-2-4-15(16)20)19(28)26-10-8-25(9-11-26)17-6-7-18(24-23-17)27-13-21-12-22-27/h2-7,12-14H,8-11H2,1H3/t14-/m1/s1. The molecule has 3 heterocycles. The largest absolute Gasteiger partial charge is 0.478 e. The predicted molar refractivity (Wildman–Crippen MR) is 102 cm³/mol. The number of aromatic nitrogens is 5. The second kappa shape index (κ2) is 8.21. The summed E-state index contributed by atoms with van der Waals surface area (Å²) in [4.78, 5) is 20.3. The van der Waals surface area contributed by atoms with Gasteiger partial charge in [0.1, 0.15) is 12.7 Å². The molecule has 0 N–H and O–H groups in total. The van der Waals surface area contributed by atoms with Gasteiger partial charge in [-0.2, -0.15) is 5.10 Å². The SMILES string of the molecule is C[C@@H](Oc1ccccc1F)C(=O)N1CCN(c2ccc(-n3cncn3)nn2)CC1. The molecule has 0 bridgehead atoms. The van der Waals surface area contributed by atoms with E-state index in [-0.39, 0.29) is 11.7 Å². The van der Waals surface area contributed by atoms with Gasteiger partial charge < -0.3 is 14.5 Å². The number of hydrogen-bond donors (Lipinski definition) is 0. The summed E-state index contributed by atoms with van der Waals surface area (Å²) in [6.07, 6.45) is 2.22. The van der Waals surface area contributed by atoms with E-state index < -0.39 is 11.9 Å². The van der Waals surface area contributed by atoms with Crippen LogP contribution in [0.1, 0.15) is 6.92 Å². The van der Waals surface area contributed by atoms with Gasteiger partial charge in [0.2, 0.25) is 0 Å². The van der Waals surface area contributed by atoms with Gasteiger partial charge in [0.15, 0.2) is 29.3 Å². The van der Waals surface area contributed by atoms with Gasteiger partial charge in [-0.25, -0.2) is 14.1 Å². The van der Waals surface area contributed by atoms with Crippen LogP contribution in [0.25, 0.3) is 5.82 Å². The summed E-state index contributed by atoms with van der Waals surface area (Å²) in [6, 6.07) is 9.75. The Kier molecular flexibility index (Phi) is 5.32. The van der Waals surface area contributed by atoms with Crippen LogP contribution in [0.3, 0.4) is 0 Å². The molecule has 1 amide bonds. The Morgan fingerprint density at radius 1 is 1.07 bits per heavy atom. The van der Waals surface area contributed by atoms with E-state index in [9.17, 15) is 9.18 Å². The lowest BCUT2D eigenvalue weighted by Gasteiger charge is -2.36. The molecule has 29 heavy (non-hydrogen) atoms. The molecule has 1 aromatic carbocycles. The van der Waals surface area contributed by atoms with Crippen molar-refractivity contribution in [1.29, 1.82) is 0 Å². The first-order chi connectivity index (χ1) is 14.1. The first-order valence-electron chi connectivity index (χ1n) is 9.25. The molecule has 1 atom stereocenters. The van der Waals surface area contributed by atoms with Crippen molar-refractivity contribution in [3.05, 3.63) is 54.9 Å². The van der Waals surface area contributed by atoms with Crippen LogP contribution in [0.15, 0.2) is 49.1 Å². The maximum atomic E-state index is 13.7. The van der Waals surface area contributed by atoms with E-state index in [4.69, 9.17) is 4.74 Å². The number of rotatable bonds is 5. The van der Waals surface area contributed by atoms with Crippen LogP contribution < -0.4 is 9.64 Å². The van der Waals surface area contributed by atoms with Gasteiger partial charge in [0, 0.05) is 26.2 Å². The number of anilines is 1. The highest BCUT2D eigenvalue weighted by molar-refractivity contribution is 5.81. The number of hydrogen-bond acceptors (Lipinski definition) is 7. The lowest BCUT2D eigenvalue weighted by atomic mass is 10.2. The zero-order chi connectivity index (χ0) is 20.2. The fourth-order valence-corrected chi connectivity index (χ4v) is 3.13. The molecule has 1 aliphatic heterocycles. The molecular weight excluding hydrogens is 377 g/mol. The van der Waals surface area contributed by atoms with Gasteiger partial charge in [0.25, 0.3) is 5.91 Å². The average Bonchev–Trinajstić information content (AvgIpc) is 3.30. The third kappa shape index (κ3) is 4.15. The molecule has 1 aliphatic rings. The van der Waals surface area contributed by atoms with Crippen LogP contribution in [0, 0.1) is 5.82 Å². The maximum absolute atomic E-state index is 13.7. The van der Waals surface area contributed by atoms with E-state index in [0.29, 0.717) is 32.0 Å². The predicted octanol–water partition coefficient (Wildman–Crippen LogP) is 1.31. The molecule has 0 aliphatic carbocycles. The van der Waals surface area contributed by atoms with E-state index in [1.807, 2.05) is 12.1 Å². The van der Waals surface area contributed by atoms with Crippen LogP contribution in [0.2, 0.25) is 0 Å². The van der Waals surface area contributed by atoms with Crippen LogP contribution in [-0.2, 0) is 4.79 Å². The topological polar surface area (TPSA) is 89.3 Å². The first-order valence-corrected chi connectivity index (χ1v) is 9.25. The van der Waals surface area contributed by atoms with Crippen molar-refractivity contribution in [2.45, 2.75) is 13.0 Å². The summed E-state index contributed by atoms with van der Waals surface area (Å²) in [7, 11) is 0. The summed E-state index contributed by atoms with van der Waals surface area (Å²) < 4.78 is 20.8. The van der Waals surface area contributed by atoms with Crippen LogP contribution in [-0.4, -0.2) is 68.1 Å². The average molecular weight is 397 g/mol. The number of ether oxygens (including phenoxy) is 1. The lowest BCUT2D eigenvalue weighted by Crippen LogP contribution is -2.52. The minimum Gasteiger partial charge on any atom is -0.478 e. The summed E-state index contributed by atoms with van der Waals surface area (Å²) in [5.41, 5.74) is 0. The van der Waals surface area contributed by atoms with E-state index >= 15 is 0 Å². The van der Waals surface area contributed by atoms with Gasteiger partial charge >= 0.3 is 0 Å². The Balaban J connectivity index is 1.33. The van der Waals surface area contributed by atoms with Crippen molar-refractivity contribution >= 4 is 11.7 Å². The highest BCUT2D eigenvalue weighted by Crippen LogP contribution is 2.19. The van der Waals surface area contributed by atoms with Crippen LogP contribution >= 0.6 is 0 Å². The van der Waals surface area contributed by atoms with Crippen molar-refractivity contribution in [2.75, 3.05) is 31.1 Å². The highest BCUT2D eigenvalue weighted by Gasteiger charge is 2.27. The molecule has 10 heteroatoms. The van der Waals surface area contributed by atoms with Crippen molar-refractivity contribution in [1.82, 2.24) is 29.9 Å². The second-order valence-corrected chi connectivity index (χ2v) is 6.59. The normalized spacial score (nSPS) is 15.2. The van der Waals surface area contributed by atoms with Gasteiger partial charge in [-0.05, 0) is 31.2 Å². The summed E-state index contributed by atoms with van der Waals surface area (Å²) >= 11 is 0. The van der Waals surface area contributed by atoms with E-state index in [0.717, 1.165) is 5.82 Å². The van der Waals surface area contributed by atoms with Crippen molar-refractivity contribution in [3.63, 3.8) is 0 Å². The molecule has 150 valence electrons. The number of amides is 1. The van der Waals surface area contributed by atoms with E-state index in [1.54, 1.807) is 30.3 Å². The third-order valence-electron chi connectivity index (χ3n) is 4.69. The minimum absolute atomic E-state index is 0.0785. The molecule has 2 aromatic heterocycles. The van der Waals surface area contributed by atoms with Crippen molar-refractivity contribution in [2.24, 2.45) is 0 Å². The quantitative estimate of drug-likeness (QED) is 0.641. The Hall–Kier alpha value is -3.56. The summed E-state index contributed by atoms with van der Waals surface area (Å²) in [5.74, 6) is 0.746. The molecule has 0 radical (unpaired) electrons. The molecule has 0 spiro atoms. The smallest absolute Gasteiger partial charge is 0.263 e. The molecular formula is C19H20FN7O2. The number of carbonyl (C=O) groups is 1. The number of nitrogens with zero attached hydrogens (tertiary/aromatic N) is 7. The number of halogens is 1. The third-order valence-corrected chi connectivity index (χ3v) is 4.69. The first kappa shape index (κ1) is 18.8. The van der Waals surface area contributed by atoms with E-state index in [2.05, 4.69) is 25.2 Å². The number of piperazine rings is 1. The van der Waals surface area contributed by atoms with Gasteiger partial charge in [-0.1, -0.05) is 12.1 Å².